The first-order valence-electron chi connectivity index (χ1n) is 6.00. The second-order valence-corrected chi connectivity index (χ2v) is 4.29. The van der Waals surface area contributed by atoms with Gasteiger partial charge in [-0.05, 0) is 24.3 Å². The Morgan fingerprint density at radius 3 is 2.79 bits per heavy atom. The average molecular weight is 256 g/mol. The zero-order valence-corrected chi connectivity index (χ0v) is 10.5. The zero-order chi connectivity index (χ0) is 13.2. The second-order valence-electron chi connectivity index (χ2n) is 4.29. The van der Waals surface area contributed by atoms with E-state index in [0.29, 0.717) is 12.4 Å². The van der Waals surface area contributed by atoms with E-state index in [0.717, 1.165) is 16.9 Å². The highest BCUT2D eigenvalue weighted by Gasteiger charge is 2.06. The van der Waals surface area contributed by atoms with Crippen molar-refractivity contribution in [3.8, 4) is 0 Å². The molecule has 1 N–H and O–H groups in total. The first-order chi connectivity index (χ1) is 9.24. The zero-order valence-electron chi connectivity index (χ0n) is 10.5. The lowest BCUT2D eigenvalue weighted by molar-refractivity contribution is 0.621. The molecular weight excluding hydrogens is 243 g/mol. The van der Waals surface area contributed by atoms with Crippen molar-refractivity contribution < 1.29 is 4.39 Å². The molecule has 0 fully saturated rings. The Hall–Kier alpha value is -2.43. The predicted octanol–water partition coefficient (Wildman–Crippen LogP) is 2.72. The van der Waals surface area contributed by atoms with E-state index in [4.69, 9.17) is 0 Å². The number of anilines is 1. The van der Waals surface area contributed by atoms with Gasteiger partial charge in [-0.1, -0.05) is 12.1 Å². The first-order valence-corrected chi connectivity index (χ1v) is 6.00. The summed E-state index contributed by atoms with van der Waals surface area (Å²) in [5.41, 5.74) is 2.06. The highest BCUT2D eigenvalue weighted by Crippen LogP contribution is 2.15. The monoisotopic (exact) mass is 256 g/mol. The van der Waals surface area contributed by atoms with Crippen molar-refractivity contribution in [3.05, 3.63) is 54.2 Å². The van der Waals surface area contributed by atoms with Crippen molar-refractivity contribution >= 4 is 16.9 Å². The van der Waals surface area contributed by atoms with Crippen LogP contribution in [-0.2, 0) is 13.6 Å². The quantitative estimate of drug-likeness (QED) is 0.783. The molecular formula is C14H13FN4. The van der Waals surface area contributed by atoms with Crippen LogP contribution in [0.25, 0.3) is 11.0 Å². The molecule has 0 amide bonds. The SMILES string of the molecule is Cn1c(CNc2ccc(F)cn2)nc2ccccc21. The van der Waals surface area contributed by atoms with E-state index in [-0.39, 0.29) is 5.82 Å². The molecule has 0 radical (unpaired) electrons. The molecule has 0 saturated heterocycles. The van der Waals surface area contributed by atoms with Crippen molar-refractivity contribution in [3.63, 3.8) is 0 Å². The Bertz CT molecular complexity index is 703. The summed E-state index contributed by atoms with van der Waals surface area (Å²) in [6.45, 7) is 0.545. The molecule has 5 heteroatoms. The molecule has 0 aliphatic heterocycles. The number of nitrogens with zero attached hydrogens (tertiary/aromatic N) is 3. The van der Waals surface area contributed by atoms with Gasteiger partial charge in [0.25, 0.3) is 0 Å². The molecule has 0 spiro atoms. The van der Waals surface area contributed by atoms with Crippen LogP contribution in [0.1, 0.15) is 5.82 Å². The Labute approximate surface area is 109 Å². The van der Waals surface area contributed by atoms with Gasteiger partial charge in [-0.15, -0.1) is 0 Å². The highest BCUT2D eigenvalue weighted by atomic mass is 19.1. The van der Waals surface area contributed by atoms with Gasteiger partial charge in [-0.25, -0.2) is 14.4 Å². The molecule has 96 valence electrons. The lowest BCUT2D eigenvalue weighted by Crippen LogP contribution is -2.06. The number of benzene rings is 1. The van der Waals surface area contributed by atoms with Gasteiger partial charge in [0.05, 0.1) is 23.8 Å². The van der Waals surface area contributed by atoms with E-state index < -0.39 is 0 Å². The van der Waals surface area contributed by atoms with Gasteiger partial charge < -0.3 is 9.88 Å². The average Bonchev–Trinajstić information content (AvgIpc) is 2.76. The maximum absolute atomic E-state index is 12.7. The van der Waals surface area contributed by atoms with E-state index in [9.17, 15) is 4.39 Å². The molecule has 0 aliphatic rings. The van der Waals surface area contributed by atoms with E-state index >= 15 is 0 Å². The third-order valence-corrected chi connectivity index (χ3v) is 3.03. The van der Waals surface area contributed by atoms with Crippen LogP contribution in [0.15, 0.2) is 42.6 Å². The van der Waals surface area contributed by atoms with Crippen LogP contribution >= 0.6 is 0 Å². The standard InChI is InChI=1S/C14H13FN4/c1-19-12-5-3-2-4-11(12)18-14(19)9-17-13-7-6-10(15)8-16-13/h2-8H,9H2,1H3,(H,16,17). The lowest BCUT2D eigenvalue weighted by Gasteiger charge is -2.05. The van der Waals surface area contributed by atoms with Gasteiger partial charge in [0, 0.05) is 7.05 Å². The first kappa shape index (κ1) is 11.6. The number of hydrogen-bond donors (Lipinski definition) is 1. The van der Waals surface area contributed by atoms with Crippen LogP contribution in [0.4, 0.5) is 10.2 Å². The van der Waals surface area contributed by atoms with Gasteiger partial charge >= 0.3 is 0 Å². The van der Waals surface area contributed by atoms with Gasteiger partial charge in [-0.3, -0.25) is 0 Å². The minimum atomic E-state index is -0.340. The molecule has 3 aromatic rings. The summed E-state index contributed by atoms with van der Waals surface area (Å²) in [5, 5.41) is 3.13. The molecule has 2 heterocycles. The van der Waals surface area contributed by atoms with Crippen LogP contribution in [0.2, 0.25) is 0 Å². The number of halogens is 1. The molecule has 3 rings (SSSR count). The van der Waals surface area contributed by atoms with Crippen molar-refractivity contribution in [2.75, 3.05) is 5.32 Å². The van der Waals surface area contributed by atoms with E-state index in [2.05, 4.69) is 15.3 Å². The normalized spacial score (nSPS) is 10.8. The van der Waals surface area contributed by atoms with E-state index in [1.54, 1.807) is 6.07 Å². The molecule has 0 saturated carbocycles. The summed E-state index contributed by atoms with van der Waals surface area (Å²) in [5.74, 6) is 1.20. The molecule has 2 aromatic heterocycles. The fourth-order valence-corrected chi connectivity index (χ4v) is 2.00. The number of fused-ring (bicyclic) bond motifs is 1. The Morgan fingerprint density at radius 2 is 2.05 bits per heavy atom. The van der Waals surface area contributed by atoms with E-state index in [1.807, 2.05) is 35.9 Å². The Balaban J connectivity index is 1.82. The summed E-state index contributed by atoms with van der Waals surface area (Å²) in [4.78, 5) is 8.50. The minimum Gasteiger partial charge on any atom is -0.363 e. The molecule has 0 bridgehead atoms. The van der Waals surface area contributed by atoms with E-state index in [1.165, 1.54) is 12.3 Å². The van der Waals surface area contributed by atoms with Crippen molar-refractivity contribution in [1.29, 1.82) is 0 Å². The molecule has 1 aromatic carbocycles. The van der Waals surface area contributed by atoms with Crippen molar-refractivity contribution in [2.45, 2.75) is 6.54 Å². The molecule has 0 atom stereocenters. The number of aromatic nitrogens is 3. The summed E-state index contributed by atoms with van der Waals surface area (Å²) in [6, 6.07) is 11.0. The lowest BCUT2D eigenvalue weighted by atomic mass is 10.3. The number of pyridine rings is 1. The minimum absolute atomic E-state index is 0.340. The molecule has 19 heavy (non-hydrogen) atoms. The predicted molar refractivity (Wildman–Crippen MR) is 72.2 cm³/mol. The Morgan fingerprint density at radius 1 is 1.21 bits per heavy atom. The number of nitrogens with one attached hydrogen (secondary N) is 1. The smallest absolute Gasteiger partial charge is 0.141 e. The second kappa shape index (κ2) is 4.68. The molecule has 0 unspecified atom stereocenters. The molecule has 0 aliphatic carbocycles. The third kappa shape index (κ3) is 2.27. The number of imidazole rings is 1. The van der Waals surface area contributed by atoms with Crippen molar-refractivity contribution in [2.24, 2.45) is 7.05 Å². The van der Waals surface area contributed by atoms with Crippen LogP contribution in [0.3, 0.4) is 0 Å². The summed E-state index contributed by atoms with van der Waals surface area (Å²) in [7, 11) is 1.98. The van der Waals surface area contributed by atoms with Gasteiger partial charge in [0.1, 0.15) is 17.5 Å². The van der Waals surface area contributed by atoms with Crippen LogP contribution < -0.4 is 5.32 Å². The maximum atomic E-state index is 12.7. The third-order valence-electron chi connectivity index (χ3n) is 3.03. The molecule has 4 nitrogen and oxygen atoms in total. The topological polar surface area (TPSA) is 42.7 Å². The summed E-state index contributed by atoms with van der Waals surface area (Å²) in [6.07, 6.45) is 1.19. The number of rotatable bonds is 3. The summed E-state index contributed by atoms with van der Waals surface area (Å²) < 4.78 is 14.8. The van der Waals surface area contributed by atoms with Gasteiger partial charge in [-0.2, -0.15) is 0 Å². The van der Waals surface area contributed by atoms with Crippen molar-refractivity contribution in [1.82, 2.24) is 14.5 Å². The highest BCUT2D eigenvalue weighted by molar-refractivity contribution is 5.75. The van der Waals surface area contributed by atoms with Gasteiger partial charge in [0.2, 0.25) is 0 Å². The van der Waals surface area contributed by atoms with Crippen LogP contribution in [-0.4, -0.2) is 14.5 Å². The number of para-hydroxylation sites is 2. The Kier molecular flexibility index (Phi) is 2.87. The number of aryl methyl sites for hydroxylation is 1. The van der Waals surface area contributed by atoms with Crippen LogP contribution in [0.5, 0.6) is 0 Å². The maximum Gasteiger partial charge on any atom is 0.141 e. The fourth-order valence-electron chi connectivity index (χ4n) is 2.00. The summed E-state index contributed by atoms with van der Waals surface area (Å²) >= 11 is 0. The fraction of sp³-hybridized carbons (Fsp3) is 0.143. The van der Waals surface area contributed by atoms with Crippen LogP contribution in [0, 0.1) is 5.82 Å². The van der Waals surface area contributed by atoms with Gasteiger partial charge in [0.15, 0.2) is 0 Å². The largest absolute Gasteiger partial charge is 0.363 e. The number of hydrogen-bond acceptors (Lipinski definition) is 3.